The minimum Gasteiger partial charge on any atom is -0.323 e. The Kier molecular flexibility index (Phi) is 6.83. The standard InChI is InChI=1S/C18H36OP2/c1-5-15-9-10-16(6-2)20(15)13-14-21(19)17(7-3)11-12-18(21)8-4/h15-18H,5-14H2,1-4H3. The summed E-state index contributed by atoms with van der Waals surface area (Å²) in [5, 5.41) is 0. The Hall–Kier alpha value is 0.660. The van der Waals surface area contributed by atoms with Gasteiger partial charge in [-0.15, -0.1) is 0 Å². The molecule has 0 N–H and O–H groups in total. The van der Waals surface area contributed by atoms with Crippen molar-refractivity contribution < 1.29 is 4.57 Å². The van der Waals surface area contributed by atoms with Crippen molar-refractivity contribution in [2.24, 2.45) is 0 Å². The molecule has 2 aliphatic rings. The van der Waals surface area contributed by atoms with E-state index in [-0.39, 0.29) is 7.92 Å². The molecular weight excluding hydrogens is 294 g/mol. The van der Waals surface area contributed by atoms with Crippen LogP contribution in [-0.2, 0) is 4.57 Å². The molecule has 4 atom stereocenters. The van der Waals surface area contributed by atoms with E-state index in [1.54, 1.807) is 0 Å². The summed E-state index contributed by atoms with van der Waals surface area (Å²) in [6, 6.07) is 0. The van der Waals surface area contributed by atoms with E-state index in [0.717, 1.165) is 30.3 Å². The van der Waals surface area contributed by atoms with Crippen molar-refractivity contribution in [2.75, 3.05) is 12.3 Å². The van der Waals surface area contributed by atoms with Gasteiger partial charge in [-0.3, -0.25) is 0 Å². The molecule has 3 heteroatoms. The Morgan fingerprint density at radius 2 is 1.29 bits per heavy atom. The molecule has 124 valence electrons. The highest BCUT2D eigenvalue weighted by atomic mass is 31.2. The van der Waals surface area contributed by atoms with Crippen molar-refractivity contribution in [1.29, 1.82) is 0 Å². The maximum atomic E-state index is 13.7. The fraction of sp³-hybridized carbons (Fsp3) is 1.00. The van der Waals surface area contributed by atoms with Crippen molar-refractivity contribution in [3.05, 3.63) is 0 Å². The molecule has 21 heavy (non-hydrogen) atoms. The normalized spacial score (nSPS) is 43.5. The molecule has 2 rings (SSSR count). The Bertz CT molecular complexity index is 340. The molecule has 0 bridgehead atoms. The molecule has 1 nitrogen and oxygen atoms in total. The zero-order valence-corrected chi connectivity index (χ0v) is 16.5. The summed E-state index contributed by atoms with van der Waals surface area (Å²) in [6.45, 7) is 9.28. The summed E-state index contributed by atoms with van der Waals surface area (Å²) in [5.41, 5.74) is 3.11. The van der Waals surface area contributed by atoms with Gasteiger partial charge in [-0.1, -0.05) is 35.6 Å². The largest absolute Gasteiger partial charge is 0.323 e. The molecule has 2 saturated heterocycles. The third-order valence-corrected chi connectivity index (χ3v) is 15.3. The van der Waals surface area contributed by atoms with Gasteiger partial charge in [0.15, 0.2) is 0 Å². The van der Waals surface area contributed by atoms with Gasteiger partial charge in [0.25, 0.3) is 0 Å². The Balaban J connectivity index is 2.04. The highest BCUT2D eigenvalue weighted by molar-refractivity contribution is 7.67. The van der Waals surface area contributed by atoms with E-state index in [1.807, 2.05) is 0 Å². The van der Waals surface area contributed by atoms with Crippen LogP contribution in [0, 0.1) is 0 Å². The van der Waals surface area contributed by atoms with Crippen LogP contribution < -0.4 is 0 Å². The monoisotopic (exact) mass is 330 g/mol. The average molecular weight is 330 g/mol. The molecule has 2 heterocycles. The smallest absolute Gasteiger partial charge is 0.0939 e. The van der Waals surface area contributed by atoms with Gasteiger partial charge in [-0.25, -0.2) is 0 Å². The molecule has 0 aliphatic carbocycles. The van der Waals surface area contributed by atoms with Crippen LogP contribution in [-0.4, -0.2) is 35.0 Å². The van der Waals surface area contributed by atoms with Crippen LogP contribution in [0.5, 0.6) is 0 Å². The van der Waals surface area contributed by atoms with Gasteiger partial charge in [0.2, 0.25) is 0 Å². The Labute approximate surface area is 134 Å². The summed E-state index contributed by atoms with van der Waals surface area (Å²) in [4.78, 5) is 0. The lowest BCUT2D eigenvalue weighted by atomic mass is 10.1. The molecule has 2 fully saturated rings. The summed E-state index contributed by atoms with van der Waals surface area (Å²) < 4.78 is 13.7. The van der Waals surface area contributed by atoms with Crippen molar-refractivity contribution >= 4 is 15.1 Å². The topological polar surface area (TPSA) is 17.1 Å². The second-order valence-corrected chi connectivity index (χ2v) is 13.8. The van der Waals surface area contributed by atoms with Crippen LogP contribution in [0.4, 0.5) is 0 Å². The van der Waals surface area contributed by atoms with Crippen LogP contribution >= 0.6 is 15.1 Å². The van der Waals surface area contributed by atoms with Crippen LogP contribution in [0.15, 0.2) is 0 Å². The Morgan fingerprint density at radius 3 is 1.67 bits per heavy atom. The third kappa shape index (κ3) is 3.61. The van der Waals surface area contributed by atoms with E-state index in [0.29, 0.717) is 11.3 Å². The molecule has 0 aromatic carbocycles. The van der Waals surface area contributed by atoms with Gasteiger partial charge >= 0.3 is 0 Å². The van der Waals surface area contributed by atoms with Crippen LogP contribution in [0.1, 0.15) is 79.1 Å². The molecular formula is C18H36OP2. The van der Waals surface area contributed by atoms with Gasteiger partial charge < -0.3 is 4.57 Å². The van der Waals surface area contributed by atoms with Crippen LogP contribution in [0.3, 0.4) is 0 Å². The quantitative estimate of drug-likeness (QED) is 0.485. The first-order valence-electron chi connectivity index (χ1n) is 9.44. The van der Waals surface area contributed by atoms with E-state index in [1.165, 1.54) is 44.7 Å². The summed E-state index contributed by atoms with van der Waals surface area (Å²) >= 11 is 0. The summed E-state index contributed by atoms with van der Waals surface area (Å²) in [7, 11) is -1.74. The molecule has 0 radical (unpaired) electrons. The summed E-state index contributed by atoms with van der Waals surface area (Å²) in [6.07, 6.45) is 12.9. The van der Waals surface area contributed by atoms with Crippen molar-refractivity contribution in [1.82, 2.24) is 0 Å². The third-order valence-electron chi connectivity index (χ3n) is 6.43. The first kappa shape index (κ1) is 18.0. The predicted molar refractivity (Wildman–Crippen MR) is 99.0 cm³/mol. The fourth-order valence-corrected chi connectivity index (χ4v) is 14.2. The molecule has 2 aliphatic heterocycles. The minimum atomic E-state index is -1.90. The molecule has 0 spiro atoms. The highest BCUT2D eigenvalue weighted by Crippen LogP contribution is 2.67. The van der Waals surface area contributed by atoms with Crippen LogP contribution in [0.2, 0.25) is 0 Å². The lowest BCUT2D eigenvalue weighted by Crippen LogP contribution is -2.15. The molecule has 4 unspecified atom stereocenters. The van der Waals surface area contributed by atoms with Gasteiger partial charge in [0.05, 0.1) is 7.14 Å². The number of hydrogen-bond acceptors (Lipinski definition) is 1. The van der Waals surface area contributed by atoms with Gasteiger partial charge in [0, 0.05) is 17.5 Å². The van der Waals surface area contributed by atoms with E-state index < -0.39 is 7.14 Å². The fourth-order valence-electron chi connectivity index (χ4n) is 5.04. The van der Waals surface area contributed by atoms with Crippen molar-refractivity contribution in [2.45, 2.75) is 102 Å². The number of rotatable bonds is 7. The van der Waals surface area contributed by atoms with Crippen LogP contribution in [0.25, 0.3) is 0 Å². The summed E-state index contributed by atoms with van der Waals surface area (Å²) in [5.74, 6) is 0. The van der Waals surface area contributed by atoms with E-state index >= 15 is 0 Å². The number of hydrogen-bond donors (Lipinski definition) is 0. The minimum absolute atomic E-state index is 0.159. The first-order valence-corrected chi connectivity index (χ1v) is 13.1. The van der Waals surface area contributed by atoms with Gasteiger partial charge in [-0.05, 0) is 68.8 Å². The molecule has 0 aromatic rings. The highest BCUT2D eigenvalue weighted by Gasteiger charge is 2.44. The van der Waals surface area contributed by atoms with Crippen molar-refractivity contribution in [3.63, 3.8) is 0 Å². The zero-order chi connectivity index (χ0) is 15.5. The molecule has 0 aromatic heterocycles. The second-order valence-electron chi connectivity index (χ2n) is 7.22. The van der Waals surface area contributed by atoms with E-state index in [9.17, 15) is 4.57 Å². The van der Waals surface area contributed by atoms with E-state index in [2.05, 4.69) is 27.7 Å². The average Bonchev–Trinajstić information content (AvgIpc) is 3.04. The van der Waals surface area contributed by atoms with E-state index in [4.69, 9.17) is 0 Å². The zero-order valence-electron chi connectivity index (χ0n) is 14.7. The van der Waals surface area contributed by atoms with Gasteiger partial charge in [-0.2, -0.15) is 0 Å². The molecule has 0 amide bonds. The SMILES string of the molecule is CCC1CCC(CC)P1CCP1(=O)C(CC)CCC1CC. The lowest BCUT2D eigenvalue weighted by Gasteiger charge is -2.30. The first-order chi connectivity index (χ1) is 10.1. The maximum Gasteiger partial charge on any atom is 0.0939 e. The predicted octanol–water partition coefficient (Wildman–Crippen LogP) is 6.53. The molecule has 0 saturated carbocycles. The van der Waals surface area contributed by atoms with Gasteiger partial charge in [0.1, 0.15) is 0 Å². The van der Waals surface area contributed by atoms with Crippen molar-refractivity contribution in [3.8, 4) is 0 Å². The maximum absolute atomic E-state index is 13.7. The lowest BCUT2D eigenvalue weighted by molar-refractivity contribution is 0.562. The second kappa shape index (κ2) is 7.97. The Morgan fingerprint density at radius 1 is 0.810 bits per heavy atom.